The summed E-state index contributed by atoms with van der Waals surface area (Å²) in [5.74, 6) is 0. The molecular formula is C42H30BN3. The molecule has 46 heavy (non-hydrogen) atoms. The minimum atomic E-state index is 0.0510. The van der Waals surface area contributed by atoms with Crippen LogP contribution in [0.5, 0.6) is 0 Å². The number of hydrogen-bond acceptors (Lipinski definition) is 3. The van der Waals surface area contributed by atoms with Gasteiger partial charge in [-0.2, -0.15) is 0 Å². The summed E-state index contributed by atoms with van der Waals surface area (Å²) in [4.78, 5) is 7.33. The van der Waals surface area contributed by atoms with Crippen LogP contribution in [-0.4, -0.2) is 6.71 Å². The van der Waals surface area contributed by atoms with Gasteiger partial charge in [-0.1, -0.05) is 111 Å². The van der Waals surface area contributed by atoms with E-state index in [9.17, 15) is 0 Å². The maximum atomic E-state index is 4.19. The first-order chi connectivity index (χ1) is 22.7. The van der Waals surface area contributed by atoms with Crippen molar-refractivity contribution in [1.29, 1.82) is 0 Å². The van der Waals surface area contributed by atoms with Crippen molar-refractivity contribution in [3.05, 3.63) is 164 Å². The summed E-state index contributed by atoms with van der Waals surface area (Å²) in [6, 6.07) is 45.9. The molecule has 0 N–H and O–H groups in total. The molecule has 9 rings (SSSR count). The molecule has 3 aliphatic heterocycles. The quantitative estimate of drug-likeness (QED) is 0.180. The third-order valence-corrected chi connectivity index (χ3v) is 9.68. The summed E-state index contributed by atoms with van der Waals surface area (Å²) in [6.07, 6.45) is 5.87. The van der Waals surface area contributed by atoms with Crippen molar-refractivity contribution in [3.63, 3.8) is 0 Å². The zero-order chi connectivity index (χ0) is 30.9. The molecule has 0 amide bonds. The summed E-state index contributed by atoms with van der Waals surface area (Å²) in [6.45, 7) is 12.6. The lowest BCUT2D eigenvalue weighted by Gasteiger charge is -2.49. The molecule has 6 aromatic rings. The third-order valence-electron chi connectivity index (χ3n) is 9.68. The van der Waals surface area contributed by atoms with Crippen LogP contribution in [-0.2, 0) is 0 Å². The highest BCUT2D eigenvalue weighted by molar-refractivity contribution is 7.02. The monoisotopic (exact) mass is 587 g/mol. The number of rotatable bonds is 6. The van der Waals surface area contributed by atoms with Crippen molar-refractivity contribution < 1.29 is 0 Å². The second-order valence-electron chi connectivity index (χ2n) is 11.9. The summed E-state index contributed by atoms with van der Waals surface area (Å²) in [5, 5.41) is 0. The summed E-state index contributed by atoms with van der Waals surface area (Å²) >= 11 is 0. The van der Waals surface area contributed by atoms with Crippen LogP contribution in [0.2, 0.25) is 0 Å². The fourth-order valence-corrected chi connectivity index (χ4v) is 7.87. The molecule has 0 atom stereocenters. The molecule has 3 aliphatic rings. The first-order valence-electron chi connectivity index (χ1n) is 15.7. The molecule has 0 aromatic heterocycles. The molecule has 3 nitrogen and oxygen atoms in total. The van der Waals surface area contributed by atoms with E-state index in [1.807, 2.05) is 18.2 Å². The van der Waals surface area contributed by atoms with E-state index >= 15 is 0 Å². The van der Waals surface area contributed by atoms with Gasteiger partial charge in [0.25, 0.3) is 6.71 Å². The smallest absolute Gasteiger partial charge is 0.257 e. The maximum Gasteiger partial charge on any atom is 0.257 e. The van der Waals surface area contributed by atoms with Crippen LogP contribution in [0, 0.1) is 0 Å². The number of benzene rings is 6. The van der Waals surface area contributed by atoms with Crippen LogP contribution in [0.25, 0.3) is 18.2 Å². The molecule has 0 saturated carbocycles. The van der Waals surface area contributed by atoms with Gasteiger partial charge in [0.05, 0.1) is 17.1 Å². The van der Waals surface area contributed by atoms with Crippen LogP contribution < -0.4 is 31.1 Å². The molecule has 216 valence electrons. The summed E-state index contributed by atoms with van der Waals surface area (Å²) < 4.78 is 0. The Kier molecular flexibility index (Phi) is 5.75. The van der Waals surface area contributed by atoms with Crippen LogP contribution >= 0.6 is 0 Å². The van der Waals surface area contributed by atoms with Crippen LogP contribution in [0.4, 0.5) is 51.2 Å². The Bertz CT molecular complexity index is 1950. The zero-order valence-corrected chi connectivity index (χ0v) is 25.4. The Morgan fingerprint density at radius 2 is 0.565 bits per heavy atom. The highest BCUT2D eigenvalue weighted by Crippen LogP contribution is 2.50. The fraction of sp³-hybridized carbons (Fsp3) is 0. The average molecular weight is 588 g/mol. The maximum absolute atomic E-state index is 4.19. The molecule has 0 radical (unpaired) electrons. The van der Waals surface area contributed by atoms with E-state index in [1.54, 1.807) is 0 Å². The molecule has 4 heteroatoms. The Hall–Kier alpha value is -6.00. The van der Waals surface area contributed by atoms with E-state index in [1.165, 1.54) is 50.5 Å². The molecule has 0 unspecified atom stereocenters. The average Bonchev–Trinajstić information content (AvgIpc) is 3.12. The van der Waals surface area contributed by atoms with Gasteiger partial charge in [0, 0.05) is 34.1 Å². The standard InChI is InChI=1S/C42H30BN3/c1-4-28-16-7-10-19-31(28)44-34-22-13-24-36-40(34)43-41-35(44)23-14-25-37(41)46(33-21-12-9-18-30(33)6-3)39-27-15-26-38(42(39)43)45(36)32-20-11-8-17-29(32)5-2/h4-27H,1-3H2. The highest BCUT2D eigenvalue weighted by Gasteiger charge is 2.49. The van der Waals surface area contributed by atoms with E-state index in [4.69, 9.17) is 0 Å². The molecule has 0 bridgehead atoms. The highest BCUT2D eigenvalue weighted by atomic mass is 15.2. The van der Waals surface area contributed by atoms with Gasteiger partial charge < -0.3 is 14.7 Å². The minimum absolute atomic E-state index is 0.0510. The number of anilines is 9. The Morgan fingerprint density at radius 1 is 0.326 bits per heavy atom. The topological polar surface area (TPSA) is 9.72 Å². The summed E-state index contributed by atoms with van der Waals surface area (Å²) in [5.41, 5.74) is 17.6. The first kappa shape index (κ1) is 26.4. The predicted molar refractivity (Wildman–Crippen MR) is 199 cm³/mol. The molecule has 0 saturated heterocycles. The van der Waals surface area contributed by atoms with Crippen molar-refractivity contribution >= 4 is 92.5 Å². The van der Waals surface area contributed by atoms with Gasteiger partial charge in [0.1, 0.15) is 0 Å². The van der Waals surface area contributed by atoms with Crippen molar-refractivity contribution in [2.75, 3.05) is 14.7 Å². The van der Waals surface area contributed by atoms with Crippen molar-refractivity contribution in [1.82, 2.24) is 0 Å². The number of nitrogens with zero attached hydrogens (tertiary/aromatic N) is 3. The van der Waals surface area contributed by atoms with Gasteiger partial charge in [0.2, 0.25) is 0 Å². The lowest BCUT2D eigenvalue weighted by molar-refractivity contribution is 1.21. The van der Waals surface area contributed by atoms with Gasteiger partial charge in [-0.25, -0.2) is 0 Å². The number of para-hydroxylation sites is 3. The Balaban J connectivity index is 1.46. The van der Waals surface area contributed by atoms with Gasteiger partial charge in [-0.3, -0.25) is 0 Å². The fourth-order valence-electron chi connectivity index (χ4n) is 7.87. The lowest BCUT2D eigenvalue weighted by atomic mass is 9.32. The van der Waals surface area contributed by atoms with Crippen molar-refractivity contribution in [2.45, 2.75) is 0 Å². The van der Waals surface area contributed by atoms with Crippen molar-refractivity contribution in [3.8, 4) is 0 Å². The SMILES string of the molecule is C=Cc1ccccc1N1c2cccc3c2B2c4c1cccc4N(c1ccccc1C=C)c1cccc(c12)N3c1ccccc1C=C. The van der Waals surface area contributed by atoms with Gasteiger partial charge in [0.15, 0.2) is 0 Å². The van der Waals surface area contributed by atoms with Gasteiger partial charge in [-0.15, -0.1) is 0 Å². The van der Waals surface area contributed by atoms with Gasteiger partial charge in [-0.05, 0) is 87.7 Å². The van der Waals surface area contributed by atoms with E-state index in [2.05, 4.69) is 162 Å². The normalized spacial score (nSPS) is 13.3. The molecule has 3 heterocycles. The zero-order valence-electron chi connectivity index (χ0n) is 25.4. The van der Waals surface area contributed by atoms with Crippen LogP contribution in [0.1, 0.15) is 16.7 Å². The van der Waals surface area contributed by atoms with Crippen LogP contribution in [0.15, 0.2) is 147 Å². The second kappa shape index (κ2) is 10.0. The number of hydrogen-bond donors (Lipinski definition) is 0. The molecular weight excluding hydrogens is 557 g/mol. The molecule has 0 aliphatic carbocycles. The third kappa shape index (κ3) is 3.44. The van der Waals surface area contributed by atoms with Crippen molar-refractivity contribution in [2.24, 2.45) is 0 Å². The van der Waals surface area contributed by atoms with Gasteiger partial charge >= 0.3 is 0 Å². The Morgan fingerprint density at radius 3 is 0.826 bits per heavy atom. The van der Waals surface area contributed by atoms with E-state index in [0.29, 0.717) is 0 Å². The lowest BCUT2D eigenvalue weighted by Crippen LogP contribution is -2.64. The van der Waals surface area contributed by atoms with E-state index in [0.717, 1.165) is 33.8 Å². The Labute approximate surface area is 270 Å². The van der Waals surface area contributed by atoms with Crippen LogP contribution in [0.3, 0.4) is 0 Å². The molecule has 6 aromatic carbocycles. The second-order valence-corrected chi connectivity index (χ2v) is 11.9. The molecule has 0 spiro atoms. The first-order valence-corrected chi connectivity index (χ1v) is 15.7. The summed E-state index contributed by atoms with van der Waals surface area (Å²) in [7, 11) is 0. The molecule has 0 fully saturated rings. The van der Waals surface area contributed by atoms with E-state index < -0.39 is 0 Å². The van der Waals surface area contributed by atoms with E-state index in [-0.39, 0.29) is 6.71 Å². The predicted octanol–water partition coefficient (Wildman–Crippen LogP) is 9.48. The minimum Gasteiger partial charge on any atom is -0.311 e. The largest absolute Gasteiger partial charge is 0.311 e.